The fourth-order valence-electron chi connectivity index (χ4n) is 2.92. The summed E-state index contributed by atoms with van der Waals surface area (Å²) in [5, 5.41) is 0. The van der Waals surface area contributed by atoms with Gasteiger partial charge in [0.2, 0.25) is 0 Å². The van der Waals surface area contributed by atoms with Crippen molar-refractivity contribution in [2.45, 2.75) is 45.5 Å². The molecule has 1 saturated carbocycles. The van der Waals surface area contributed by atoms with E-state index in [9.17, 15) is 26.3 Å². The van der Waals surface area contributed by atoms with Gasteiger partial charge in [0, 0.05) is 0 Å². The molecule has 0 amide bonds. The zero-order valence-corrected chi connectivity index (χ0v) is 9.04. The van der Waals surface area contributed by atoms with Crippen LogP contribution in [0.4, 0.5) is 26.3 Å². The Hall–Kier alpha value is -0.420. The van der Waals surface area contributed by atoms with Crippen LogP contribution in [0.1, 0.15) is 33.1 Å². The Bertz CT molecular complexity index is 235. The smallest absolute Gasteiger partial charge is 0.170 e. The van der Waals surface area contributed by atoms with E-state index in [1.54, 1.807) is 6.92 Å². The second kappa shape index (κ2) is 3.81. The number of rotatable bonds is 2. The Morgan fingerprint density at radius 3 is 1.75 bits per heavy atom. The zero-order chi connectivity index (χ0) is 12.8. The van der Waals surface area contributed by atoms with Crippen molar-refractivity contribution in [1.82, 2.24) is 0 Å². The van der Waals surface area contributed by atoms with Crippen LogP contribution >= 0.6 is 0 Å². The topological polar surface area (TPSA) is 0 Å². The quantitative estimate of drug-likeness (QED) is 0.629. The van der Waals surface area contributed by atoms with Crippen molar-refractivity contribution in [1.29, 1.82) is 0 Å². The first-order valence-corrected chi connectivity index (χ1v) is 5.22. The summed E-state index contributed by atoms with van der Waals surface area (Å²) < 4.78 is 76.5. The predicted octanol–water partition coefficient (Wildman–Crippen LogP) is 4.55. The van der Waals surface area contributed by atoms with Gasteiger partial charge in [-0.05, 0) is 24.7 Å². The molecule has 0 heterocycles. The van der Waals surface area contributed by atoms with E-state index in [4.69, 9.17) is 0 Å². The van der Waals surface area contributed by atoms with Crippen LogP contribution in [0.3, 0.4) is 0 Å². The van der Waals surface area contributed by atoms with Gasteiger partial charge in [0.05, 0.1) is 0 Å². The van der Waals surface area contributed by atoms with Gasteiger partial charge in [0.25, 0.3) is 0 Å². The molecule has 0 aromatic carbocycles. The zero-order valence-electron chi connectivity index (χ0n) is 9.04. The second-order valence-electron chi connectivity index (χ2n) is 4.49. The number of alkyl halides is 6. The fraction of sp³-hybridized carbons (Fsp3) is 1.00. The van der Waals surface area contributed by atoms with Gasteiger partial charge in [-0.15, -0.1) is 0 Å². The Labute approximate surface area is 90.0 Å². The summed E-state index contributed by atoms with van der Waals surface area (Å²) in [5.41, 5.74) is -3.48. The molecule has 0 spiro atoms. The average Bonchev–Trinajstić information content (AvgIpc) is 1.97. The lowest BCUT2D eigenvalue weighted by atomic mass is 9.51. The van der Waals surface area contributed by atoms with Crippen molar-refractivity contribution in [2.75, 3.05) is 0 Å². The highest BCUT2D eigenvalue weighted by Crippen LogP contribution is 2.68. The van der Waals surface area contributed by atoms with E-state index in [1.807, 2.05) is 0 Å². The Morgan fingerprint density at radius 1 is 1.06 bits per heavy atom. The first-order chi connectivity index (χ1) is 7.09. The van der Waals surface area contributed by atoms with Crippen LogP contribution in [0, 0.1) is 17.3 Å². The van der Waals surface area contributed by atoms with E-state index in [0.717, 1.165) is 6.92 Å². The third kappa shape index (κ3) is 1.61. The molecule has 0 bridgehead atoms. The molecule has 0 N–H and O–H groups in total. The van der Waals surface area contributed by atoms with Crippen LogP contribution in [0.5, 0.6) is 0 Å². The molecular weight excluding hydrogens is 234 g/mol. The SMILES string of the molecule is CCC[C@H]1C[C@@H](C)C1(C(F)(F)F)C(F)(F)F. The summed E-state index contributed by atoms with van der Waals surface area (Å²) in [5.74, 6) is -2.68. The first-order valence-electron chi connectivity index (χ1n) is 5.22. The van der Waals surface area contributed by atoms with Gasteiger partial charge in [-0.3, -0.25) is 0 Å². The fourth-order valence-corrected chi connectivity index (χ4v) is 2.92. The summed E-state index contributed by atoms with van der Waals surface area (Å²) in [7, 11) is 0. The highest BCUT2D eigenvalue weighted by molar-refractivity contribution is 5.09. The number of hydrogen-bond donors (Lipinski definition) is 0. The lowest BCUT2D eigenvalue weighted by Crippen LogP contribution is -2.65. The Kier molecular flexibility index (Phi) is 3.25. The lowest BCUT2D eigenvalue weighted by molar-refractivity contribution is -0.406. The van der Waals surface area contributed by atoms with Crippen LogP contribution in [0.2, 0.25) is 0 Å². The summed E-state index contributed by atoms with van der Waals surface area (Å²) in [6.45, 7) is 2.63. The summed E-state index contributed by atoms with van der Waals surface area (Å²) in [6.07, 6.45) is -10.1. The Balaban J connectivity index is 3.14. The van der Waals surface area contributed by atoms with Crippen molar-refractivity contribution in [3.05, 3.63) is 0 Å². The van der Waals surface area contributed by atoms with Crippen molar-refractivity contribution in [2.24, 2.45) is 17.3 Å². The molecule has 1 fully saturated rings. The van der Waals surface area contributed by atoms with E-state index >= 15 is 0 Å². The molecule has 1 aliphatic carbocycles. The molecule has 96 valence electrons. The molecular formula is C10H14F6. The van der Waals surface area contributed by atoms with Gasteiger partial charge in [0.1, 0.15) is 0 Å². The highest BCUT2D eigenvalue weighted by Gasteiger charge is 2.80. The molecule has 0 saturated heterocycles. The minimum atomic E-state index is -5.21. The second-order valence-corrected chi connectivity index (χ2v) is 4.49. The minimum absolute atomic E-state index is 0.00681. The monoisotopic (exact) mass is 248 g/mol. The molecule has 0 aromatic heterocycles. The maximum atomic E-state index is 12.8. The van der Waals surface area contributed by atoms with Crippen molar-refractivity contribution in [3.8, 4) is 0 Å². The minimum Gasteiger partial charge on any atom is -0.170 e. The molecule has 0 aliphatic heterocycles. The maximum absolute atomic E-state index is 12.8. The summed E-state index contributed by atoms with van der Waals surface area (Å²) in [6, 6.07) is 0. The third-order valence-corrected chi connectivity index (χ3v) is 3.63. The molecule has 1 rings (SSSR count). The van der Waals surface area contributed by atoms with Crippen molar-refractivity contribution in [3.63, 3.8) is 0 Å². The van der Waals surface area contributed by atoms with E-state index < -0.39 is 29.6 Å². The summed E-state index contributed by atoms with van der Waals surface area (Å²) >= 11 is 0. The molecule has 0 unspecified atom stereocenters. The first kappa shape index (κ1) is 13.6. The van der Waals surface area contributed by atoms with Crippen molar-refractivity contribution >= 4 is 0 Å². The van der Waals surface area contributed by atoms with Gasteiger partial charge in [-0.2, -0.15) is 26.3 Å². The van der Waals surface area contributed by atoms with E-state index in [-0.39, 0.29) is 12.8 Å². The van der Waals surface area contributed by atoms with Gasteiger partial charge < -0.3 is 0 Å². The molecule has 16 heavy (non-hydrogen) atoms. The predicted molar refractivity (Wildman–Crippen MR) is 46.7 cm³/mol. The van der Waals surface area contributed by atoms with Crippen LogP contribution in [-0.4, -0.2) is 12.4 Å². The average molecular weight is 248 g/mol. The maximum Gasteiger partial charge on any atom is 0.403 e. The van der Waals surface area contributed by atoms with Crippen LogP contribution in [0.25, 0.3) is 0 Å². The molecule has 0 aromatic rings. The number of halogens is 6. The van der Waals surface area contributed by atoms with Crippen molar-refractivity contribution < 1.29 is 26.3 Å². The van der Waals surface area contributed by atoms with Gasteiger partial charge in [-0.1, -0.05) is 20.3 Å². The molecule has 0 nitrogen and oxygen atoms in total. The van der Waals surface area contributed by atoms with Gasteiger partial charge in [-0.25, -0.2) is 0 Å². The molecule has 6 heteroatoms. The molecule has 0 radical (unpaired) electrons. The standard InChI is InChI=1S/C10H14F6/c1-3-4-7-5-6(2)8(7,9(11,12)13)10(14,15)16/h6-7H,3-5H2,1-2H3/t6-,7+/m1/s1. The largest absolute Gasteiger partial charge is 0.403 e. The highest BCUT2D eigenvalue weighted by atomic mass is 19.4. The number of hydrogen-bond acceptors (Lipinski definition) is 0. The Morgan fingerprint density at radius 2 is 1.50 bits per heavy atom. The van der Waals surface area contributed by atoms with Crippen LogP contribution in [0.15, 0.2) is 0 Å². The third-order valence-electron chi connectivity index (χ3n) is 3.63. The van der Waals surface area contributed by atoms with Crippen LogP contribution < -0.4 is 0 Å². The molecule has 2 atom stereocenters. The van der Waals surface area contributed by atoms with E-state index in [0.29, 0.717) is 6.42 Å². The molecule has 1 aliphatic rings. The van der Waals surface area contributed by atoms with Gasteiger partial charge >= 0.3 is 12.4 Å². The van der Waals surface area contributed by atoms with E-state index in [2.05, 4.69) is 0 Å². The normalized spacial score (nSPS) is 30.0. The lowest BCUT2D eigenvalue weighted by Gasteiger charge is -2.55. The van der Waals surface area contributed by atoms with Gasteiger partial charge in [0.15, 0.2) is 5.41 Å². The van der Waals surface area contributed by atoms with Crippen LogP contribution in [-0.2, 0) is 0 Å². The van der Waals surface area contributed by atoms with E-state index in [1.165, 1.54) is 0 Å². The summed E-state index contributed by atoms with van der Waals surface area (Å²) in [4.78, 5) is 0.